The van der Waals surface area contributed by atoms with Crippen LogP contribution >= 0.6 is 28.1 Å². The first-order valence-electron chi connectivity index (χ1n) is 7.64. The van der Waals surface area contributed by atoms with E-state index in [4.69, 9.17) is 17.0 Å². The van der Waals surface area contributed by atoms with Crippen molar-refractivity contribution in [1.82, 2.24) is 5.32 Å². The molecule has 128 valence electrons. The van der Waals surface area contributed by atoms with Crippen LogP contribution in [0.1, 0.15) is 5.56 Å². The summed E-state index contributed by atoms with van der Waals surface area (Å²) in [5.41, 5.74) is 3.26. The Bertz CT molecular complexity index is 689. The average molecular weight is 408 g/mol. The van der Waals surface area contributed by atoms with Crippen LogP contribution in [-0.4, -0.2) is 32.9 Å². The zero-order valence-electron chi connectivity index (χ0n) is 14.1. The predicted octanol–water partition coefficient (Wildman–Crippen LogP) is 4.05. The van der Waals surface area contributed by atoms with Crippen LogP contribution in [0.4, 0.5) is 11.4 Å². The molecule has 2 aromatic carbocycles. The fourth-order valence-corrected chi connectivity index (χ4v) is 2.90. The van der Waals surface area contributed by atoms with E-state index in [0.717, 1.165) is 40.1 Å². The highest BCUT2D eigenvalue weighted by atomic mass is 79.9. The summed E-state index contributed by atoms with van der Waals surface area (Å²) in [4.78, 5) is 2.06. The van der Waals surface area contributed by atoms with Gasteiger partial charge in [-0.15, -0.1) is 0 Å². The second-order valence-corrected chi connectivity index (χ2v) is 6.85. The van der Waals surface area contributed by atoms with Gasteiger partial charge in [0, 0.05) is 36.5 Å². The minimum absolute atomic E-state index is 0.613. The van der Waals surface area contributed by atoms with Crippen molar-refractivity contribution in [2.45, 2.75) is 6.42 Å². The smallest absolute Gasteiger partial charge is 0.170 e. The molecule has 0 amide bonds. The average Bonchev–Trinajstić information content (AvgIpc) is 2.55. The Morgan fingerprint density at radius 2 is 1.88 bits per heavy atom. The van der Waals surface area contributed by atoms with Gasteiger partial charge in [0.2, 0.25) is 0 Å². The second kappa shape index (κ2) is 8.89. The molecule has 0 radical (unpaired) electrons. The SMILES string of the molecule is COc1ccc(Br)cc1CCNC(=S)Nc1ccc(N(C)C)cc1. The van der Waals surface area contributed by atoms with Gasteiger partial charge in [0.05, 0.1) is 7.11 Å². The minimum Gasteiger partial charge on any atom is -0.496 e. The van der Waals surface area contributed by atoms with Crippen LogP contribution in [0.15, 0.2) is 46.9 Å². The van der Waals surface area contributed by atoms with E-state index >= 15 is 0 Å². The van der Waals surface area contributed by atoms with Gasteiger partial charge in [0.15, 0.2) is 5.11 Å². The zero-order valence-corrected chi connectivity index (χ0v) is 16.5. The van der Waals surface area contributed by atoms with Gasteiger partial charge in [0.1, 0.15) is 5.75 Å². The Kier molecular flexibility index (Phi) is 6.87. The molecule has 0 saturated heterocycles. The number of thiocarbonyl (C=S) groups is 1. The molecule has 0 heterocycles. The van der Waals surface area contributed by atoms with Crippen molar-refractivity contribution in [1.29, 1.82) is 0 Å². The van der Waals surface area contributed by atoms with Crippen molar-refractivity contribution in [2.75, 3.05) is 38.0 Å². The zero-order chi connectivity index (χ0) is 17.5. The van der Waals surface area contributed by atoms with Crippen molar-refractivity contribution in [3.05, 3.63) is 52.5 Å². The summed E-state index contributed by atoms with van der Waals surface area (Å²) in [5.74, 6) is 0.887. The number of methoxy groups -OCH3 is 1. The molecule has 0 aliphatic carbocycles. The summed E-state index contributed by atoms with van der Waals surface area (Å²) >= 11 is 8.84. The van der Waals surface area contributed by atoms with Gasteiger partial charge in [-0.05, 0) is 66.7 Å². The Morgan fingerprint density at radius 1 is 1.17 bits per heavy atom. The lowest BCUT2D eigenvalue weighted by Crippen LogP contribution is -2.30. The monoisotopic (exact) mass is 407 g/mol. The van der Waals surface area contributed by atoms with E-state index in [1.165, 1.54) is 0 Å². The molecular formula is C18H22BrN3OS. The van der Waals surface area contributed by atoms with Crippen molar-refractivity contribution in [2.24, 2.45) is 0 Å². The lowest BCUT2D eigenvalue weighted by atomic mass is 10.1. The lowest BCUT2D eigenvalue weighted by Gasteiger charge is -2.15. The van der Waals surface area contributed by atoms with Crippen molar-refractivity contribution >= 4 is 44.6 Å². The van der Waals surface area contributed by atoms with Crippen molar-refractivity contribution < 1.29 is 4.74 Å². The Hall–Kier alpha value is -1.79. The van der Waals surface area contributed by atoms with Crippen molar-refractivity contribution in [3.63, 3.8) is 0 Å². The van der Waals surface area contributed by atoms with Crippen LogP contribution in [0.3, 0.4) is 0 Å². The molecule has 0 unspecified atom stereocenters. The van der Waals surface area contributed by atoms with E-state index in [1.807, 2.05) is 38.4 Å². The minimum atomic E-state index is 0.613. The molecule has 0 aliphatic rings. The van der Waals surface area contributed by atoms with Crippen LogP contribution < -0.4 is 20.3 Å². The molecule has 4 nitrogen and oxygen atoms in total. The van der Waals surface area contributed by atoms with Gasteiger partial charge in [0.25, 0.3) is 0 Å². The fraction of sp³-hybridized carbons (Fsp3) is 0.278. The number of nitrogens with zero attached hydrogens (tertiary/aromatic N) is 1. The maximum atomic E-state index is 5.38. The number of hydrogen-bond acceptors (Lipinski definition) is 3. The quantitative estimate of drug-likeness (QED) is 0.706. The van der Waals surface area contributed by atoms with Gasteiger partial charge in [-0.25, -0.2) is 0 Å². The molecule has 0 aromatic heterocycles. The molecule has 6 heteroatoms. The van der Waals surface area contributed by atoms with Crippen LogP contribution in [0.2, 0.25) is 0 Å². The van der Waals surface area contributed by atoms with Crippen LogP contribution in [0.25, 0.3) is 0 Å². The summed E-state index contributed by atoms with van der Waals surface area (Å²) < 4.78 is 6.42. The normalized spacial score (nSPS) is 10.2. The molecule has 0 saturated carbocycles. The fourth-order valence-electron chi connectivity index (χ4n) is 2.27. The number of halogens is 1. The summed E-state index contributed by atoms with van der Waals surface area (Å²) in [6.07, 6.45) is 0.823. The number of rotatable bonds is 6. The number of hydrogen-bond donors (Lipinski definition) is 2. The van der Waals surface area contributed by atoms with E-state index < -0.39 is 0 Å². The molecule has 2 aromatic rings. The number of benzene rings is 2. The molecule has 24 heavy (non-hydrogen) atoms. The van der Waals surface area contributed by atoms with Gasteiger partial charge >= 0.3 is 0 Å². The number of ether oxygens (including phenoxy) is 1. The Labute approximate surface area is 157 Å². The van der Waals surface area contributed by atoms with Crippen molar-refractivity contribution in [3.8, 4) is 5.75 Å². The maximum Gasteiger partial charge on any atom is 0.170 e. The molecule has 2 N–H and O–H groups in total. The third kappa shape index (κ3) is 5.39. The van der Waals surface area contributed by atoms with Gasteiger partial charge in [-0.1, -0.05) is 15.9 Å². The lowest BCUT2D eigenvalue weighted by molar-refractivity contribution is 0.409. The summed E-state index contributed by atoms with van der Waals surface area (Å²) in [5, 5.41) is 7.03. The van der Waals surface area contributed by atoms with Crippen LogP contribution in [0.5, 0.6) is 5.75 Å². The third-order valence-corrected chi connectivity index (χ3v) is 4.30. The van der Waals surface area contributed by atoms with Gasteiger partial charge in [-0.2, -0.15) is 0 Å². The second-order valence-electron chi connectivity index (χ2n) is 5.53. The summed E-state index contributed by atoms with van der Waals surface area (Å²) in [7, 11) is 5.72. The van der Waals surface area contributed by atoms with E-state index in [2.05, 4.69) is 49.7 Å². The molecule has 0 aliphatic heterocycles. The first-order chi connectivity index (χ1) is 11.5. The molecule has 0 bridgehead atoms. The van der Waals surface area contributed by atoms with E-state index in [-0.39, 0.29) is 0 Å². The number of anilines is 2. The highest BCUT2D eigenvalue weighted by molar-refractivity contribution is 9.10. The maximum absolute atomic E-state index is 5.38. The standard InChI is InChI=1S/C18H22BrN3OS/c1-22(2)16-7-5-15(6-8-16)21-18(24)20-11-10-13-12-14(19)4-9-17(13)23-3/h4-9,12H,10-11H2,1-3H3,(H2,20,21,24). The van der Waals surface area contributed by atoms with Gasteiger partial charge < -0.3 is 20.3 Å². The number of nitrogens with one attached hydrogen (secondary N) is 2. The Morgan fingerprint density at radius 3 is 2.50 bits per heavy atom. The molecule has 0 spiro atoms. The van der Waals surface area contributed by atoms with E-state index in [0.29, 0.717) is 5.11 Å². The topological polar surface area (TPSA) is 36.5 Å². The first kappa shape index (κ1) is 18.5. The Balaban J connectivity index is 1.84. The van der Waals surface area contributed by atoms with Crippen LogP contribution in [-0.2, 0) is 6.42 Å². The molecule has 0 fully saturated rings. The predicted molar refractivity (Wildman–Crippen MR) is 109 cm³/mol. The third-order valence-electron chi connectivity index (χ3n) is 3.56. The van der Waals surface area contributed by atoms with Gasteiger partial charge in [-0.3, -0.25) is 0 Å². The highest BCUT2D eigenvalue weighted by Gasteiger charge is 2.04. The summed E-state index contributed by atoms with van der Waals surface area (Å²) in [6, 6.07) is 14.1. The van der Waals surface area contributed by atoms with E-state index in [1.54, 1.807) is 7.11 Å². The molecular weight excluding hydrogens is 386 g/mol. The summed E-state index contributed by atoms with van der Waals surface area (Å²) in [6.45, 7) is 0.731. The highest BCUT2D eigenvalue weighted by Crippen LogP contribution is 2.23. The largest absolute Gasteiger partial charge is 0.496 e. The van der Waals surface area contributed by atoms with Crippen LogP contribution in [0, 0.1) is 0 Å². The first-order valence-corrected chi connectivity index (χ1v) is 8.84. The van der Waals surface area contributed by atoms with E-state index in [9.17, 15) is 0 Å². The molecule has 2 rings (SSSR count). The molecule has 0 atom stereocenters.